The Morgan fingerprint density at radius 2 is 2.12 bits per heavy atom. The van der Waals surface area contributed by atoms with Crippen molar-refractivity contribution in [2.24, 2.45) is 5.73 Å². The Bertz CT molecular complexity index is 502. The van der Waals surface area contributed by atoms with E-state index in [1.165, 1.54) is 11.1 Å². The van der Waals surface area contributed by atoms with Gasteiger partial charge in [-0.3, -0.25) is 4.68 Å². The summed E-state index contributed by atoms with van der Waals surface area (Å²) in [5.74, 6) is 0. The summed E-state index contributed by atoms with van der Waals surface area (Å²) in [6.07, 6.45) is 2.91. The lowest BCUT2D eigenvalue weighted by molar-refractivity contribution is 0.564. The second-order valence-corrected chi connectivity index (χ2v) is 4.26. The number of aromatic nitrogens is 3. The molecule has 2 rings (SSSR count). The van der Waals surface area contributed by atoms with Crippen molar-refractivity contribution in [3.05, 3.63) is 35.5 Å². The van der Waals surface area contributed by atoms with Crippen LogP contribution in [0.5, 0.6) is 0 Å². The quantitative estimate of drug-likeness (QED) is 0.873. The smallest absolute Gasteiger partial charge is 0.113 e. The molecule has 2 aromatic rings. The summed E-state index contributed by atoms with van der Waals surface area (Å²) in [7, 11) is 0. The van der Waals surface area contributed by atoms with Crippen LogP contribution in [0.25, 0.3) is 11.3 Å². The van der Waals surface area contributed by atoms with Crippen LogP contribution in [0.4, 0.5) is 0 Å². The fourth-order valence-corrected chi connectivity index (χ4v) is 1.81. The van der Waals surface area contributed by atoms with Gasteiger partial charge in [-0.2, -0.15) is 0 Å². The van der Waals surface area contributed by atoms with E-state index >= 15 is 0 Å². The topological polar surface area (TPSA) is 56.7 Å². The molecular weight excluding hydrogens is 212 g/mol. The maximum Gasteiger partial charge on any atom is 0.113 e. The zero-order valence-corrected chi connectivity index (χ0v) is 10.3. The molecule has 17 heavy (non-hydrogen) atoms. The highest BCUT2D eigenvalue weighted by molar-refractivity contribution is 5.63. The van der Waals surface area contributed by atoms with Crippen LogP contribution in [0, 0.1) is 13.8 Å². The van der Waals surface area contributed by atoms with Crippen molar-refractivity contribution in [1.29, 1.82) is 0 Å². The minimum atomic E-state index is 0.679. The second-order valence-electron chi connectivity index (χ2n) is 4.26. The SMILES string of the molecule is Cc1cccc(-c2cn(CCCN)nn2)c1C. The summed E-state index contributed by atoms with van der Waals surface area (Å²) in [6.45, 7) is 5.73. The van der Waals surface area contributed by atoms with Crippen LogP contribution in [-0.4, -0.2) is 21.5 Å². The molecule has 0 spiro atoms. The molecule has 0 saturated carbocycles. The molecule has 0 aliphatic carbocycles. The van der Waals surface area contributed by atoms with Crippen molar-refractivity contribution >= 4 is 0 Å². The first kappa shape index (κ1) is 11.8. The number of nitrogens with zero attached hydrogens (tertiary/aromatic N) is 3. The van der Waals surface area contributed by atoms with E-state index in [1.807, 2.05) is 10.9 Å². The Morgan fingerprint density at radius 3 is 2.88 bits per heavy atom. The molecule has 1 heterocycles. The van der Waals surface area contributed by atoms with Gasteiger partial charge in [0.15, 0.2) is 0 Å². The van der Waals surface area contributed by atoms with Gasteiger partial charge in [0.05, 0.1) is 6.20 Å². The molecule has 4 heteroatoms. The summed E-state index contributed by atoms with van der Waals surface area (Å²) in [5.41, 5.74) is 10.1. The highest BCUT2D eigenvalue weighted by Crippen LogP contribution is 2.22. The van der Waals surface area contributed by atoms with Gasteiger partial charge in [0, 0.05) is 12.1 Å². The van der Waals surface area contributed by atoms with Crippen molar-refractivity contribution in [2.75, 3.05) is 6.54 Å². The lowest BCUT2D eigenvalue weighted by Crippen LogP contribution is -2.06. The molecule has 0 aliphatic rings. The summed E-state index contributed by atoms with van der Waals surface area (Å²) in [4.78, 5) is 0. The predicted octanol–water partition coefficient (Wildman–Crippen LogP) is 1.91. The molecule has 1 aromatic carbocycles. The van der Waals surface area contributed by atoms with Crippen LogP contribution < -0.4 is 5.73 Å². The van der Waals surface area contributed by atoms with Crippen LogP contribution in [0.3, 0.4) is 0 Å². The van der Waals surface area contributed by atoms with Crippen molar-refractivity contribution in [1.82, 2.24) is 15.0 Å². The van der Waals surface area contributed by atoms with Crippen molar-refractivity contribution in [3.8, 4) is 11.3 Å². The number of benzene rings is 1. The molecule has 0 unspecified atom stereocenters. The summed E-state index contributed by atoms with van der Waals surface area (Å²) >= 11 is 0. The van der Waals surface area contributed by atoms with Gasteiger partial charge in [-0.05, 0) is 37.9 Å². The summed E-state index contributed by atoms with van der Waals surface area (Å²) in [6, 6.07) is 6.24. The third kappa shape index (κ3) is 2.53. The van der Waals surface area contributed by atoms with Crippen LogP contribution in [0.1, 0.15) is 17.5 Å². The highest BCUT2D eigenvalue weighted by Gasteiger charge is 2.07. The molecule has 1 aromatic heterocycles. The summed E-state index contributed by atoms with van der Waals surface area (Å²) < 4.78 is 1.85. The van der Waals surface area contributed by atoms with Gasteiger partial charge in [0.1, 0.15) is 5.69 Å². The fourth-order valence-electron chi connectivity index (χ4n) is 1.81. The molecular formula is C13H18N4. The van der Waals surface area contributed by atoms with Crippen molar-refractivity contribution in [3.63, 3.8) is 0 Å². The van der Waals surface area contributed by atoms with Crippen molar-refractivity contribution < 1.29 is 0 Å². The van der Waals surface area contributed by atoms with E-state index in [9.17, 15) is 0 Å². The molecule has 0 amide bonds. The Hall–Kier alpha value is -1.68. The average molecular weight is 230 g/mol. The fraction of sp³-hybridized carbons (Fsp3) is 0.385. The van der Waals surface area contributed by atoms with Crippen LogP contribution >= 0.6 is 0 Å². The molecule has 0 radical (unpaired) electrons. The third-order valence-corrected chi connectivity index (χ3v) is 3.01. The van der Waals surface area contributed by atoms with Crippen LogP contribution in [-0.2, 0) is 6.54 Å². The maximum atomic E-state index is 5.48. The number of hydrogen-bond donors (Lipinski definition) is 1. The number of nitrogens with two attached hydrogens (primary N) is 1. The van der Waals surface area contributed by atoms with E-state index in [0.717, 1.165) is 24.2 Å². The monoisotopic (exact) mass is 230 g/mol. The molecule has 0 fully saturated rings. The van der Waals surface area contributed by atoms with Gasteiger partial charge in [-0.25, -0.2) is 0 Å². The van der Waals surface area contributed by atoms with Crippen LogP contribution in [0.15, 0.2) is 24.4 Å². The number of hydrogen-bond acceptors (Lipinski definition) is 3. The van der Waals surface area contributed by atoms with E-state index in [4.69, 9.17) is 5.73 Å². The van der Waals surface area contributed by atoms with Gasteiger partial charge in [0.2, 0.25) is 0 Å². The molecule has 0 atom stereocenters. The molecule has 0 bridgehead atoms. The van der Waals surface area contributed by atoms with Gasteiger partial charge in [-0.1, -0.05) is 23.4 Å². The van der Waals surface area contributed by atoms with Gasteiger partial charge in [0.25, 0.3) is 0 Å². The highest BCUT2D eigenvalue weighted by atomic mass is 15.4. The molecule has 0 aliphatic heterocycles. The number of rotatable bonds is 4. The zero-order chi connectivity index (χ0) is 12.3. The number of aryl methyl sites for hydroxylation is 2. The molecule has 90 valence electrons. The van der Waals surface area contributed by atoms with E-state index in [2.05, 4.69) is 42.4 Å². The van der Waals surface area contributed by atoms with E-state index in [1.54, 1.807) is 0 Å². The summed E-state index contributed by atoms with van der Waals surface area (Å²) in [5, 5.41) is 8.33. The van der Waals surface area contributed by atoms with Gasteiger partial charge in [-0.15, -0.1) is 5.10 Å². The normalized spacial score (nSPS) is 10.8. The minimum absolute atomic E-state index is 0.679. The minimum Gasteiger partial charge on any atom is -0.330 e. The first-order valence-corrected chi connectivity index (χ1v) is 5.89. The second kappa shape index (κ2) is 5.10. The van der Waals surface area contributed by atoms with E-state index < -0.39 is 0 Å². The lowest BCUT2D eigenvalue weighted by Gasteiger charge is -2.04. The zero-order valence-electron chi connectivity index (χ0n) is 10.3. The Balaban J connectivity index is 2.27. The Kier molecular flexibility index (Phi) is 3.54. The Labute approximate surface area is 101 Å². The van der Waals surface area contributed by atoms with Crippen LogP contribution in [0.2, 0.25) is 0 Å². The predicted molar refractivity (Wildman–Crippen MR) is 68.6 cm³/mol. The maximum absolute atomic E-state index is 5.48. The first-order chi connectivity index (χ1) is 8.22. The standard InChI is InChI=1S/C13H18N4/c1-10-5-3-6-12(11(10)2)13-9-17(16-15-13)8-4-7-14/h3,5-6,9H,4,7-8,14H2,1-2H3. The molecule has 0 saturated heterocycles. The Morgan fingerprint density at radius 1 is 1.29 bits per heavy atom. The largest absolute Gasteiger partial charge is 0.330 e. The third-order valence-electron chi connectivity index (χ3n) is 3.01. The van der Waals surface area contributed by atoms with Gasteiger partial charge < -0.3 is 5.73 Å². The first-order valence-electron chi connectivity index (χ1n) is 5.89. The molecule has 4 nitrogen and oxygen atoms in total. The lowest BCUT2D eigenvalue weighted by atomic mass is 10.0. The molecule has 2 N–H and O–H groups in total. The van der Waals surface area contributed by atoms with Crippen molar-refractivity contribution in [2.45, 2.75) is 26.8 Å². The van der Waals surface area contributed by atoms with Gasteiger partial charge >= 0.3 is 0 Å². The van der Waals surface area contributed by atoms with E-state index in [-0.39, 0.29) is 0 Å². The average Bonchev–Trinajstić information content (AvgIpc) is 2.78. The van der Waals surface area contributed by atoms with E-state index in [0.29, 0.717) is 6.54 Å².